The van der Waals surface area contributed by atoms with Crippen LogP contribution in [0.15, 0.2) is 58.3 Å². The zero-order chi connectivity index (χ0) is 20.0. The van der Waals surface area contributed by atoms with Crippen molar-refractivity contribution in [2.75, 3.05) is 9.80 Å². The van der Waals surface area contributed by atoms with E-state index in [0.29, 0.717) is 30.1 Å². The molecule has 2 saturated heterocycles. The minimum Gasteiger partial charge on any atom is -0.268 e. The van der Waals surface area contributed by atoms with E-state index >= 15 is 0 Å². The molecule has 0 spiro atoms. The zero-order valence-corrected chi connectivity index (χ0v) is 18.5. The molecular formula is C18H8Cl2N2O2S4. The van der Waals surface area contributed by atoms with E-state index in [1.165, 1.54) is 9.80 Å². The number of rotatable bonds is 2. The monoisotopic (exact) mass is 482 g/mol. The first-order chi connectivity index (χ1) is 13.4. The number of amides is 2. The van der Waals surface area contributed by atoms with Gasteiger partial charge in [0.15, 0.2) is 8.64 Å². The Kier molecular flexibility index (Phi) is 5.52. The van der Waals surface area contributed by atoms with E-state index in [9.17, 15) is 9.59 Å². The number of carbonyl (C=O) groups is 2. The third-order valence-corrected chi connectivity index (χ3v) is 7.45. The number of benzene rings is 2. The summed E-state index contributed by atoms with van der Waals surface area (Å²) in [5.41, 5.74) is 0.950. The maximum absolute atomic E-state index is 13.1. The van der Waals surface area contributed by atoms with Crippen LogP contribution >= 0.6 is 71.2 Å². The van der Waals surface area contributed by atoms with Gasteiger partial charge in [0.2, 0.25) is 0 Å². The highest BCUT2D eigenvalue weighted by Gasteiger charge is 2.43. The minimum absolute atomic E-state index is 0.233. The average molecular weight is 483 g/mol. The standard InChI is InChI=1S/C18H8Cl2N2O2S4/c19-9-5-1-3-7-11(9)21-15(23)13(27-17(21)25)14-16(24)22(18(26)28-14)12-8-4-2-6-10(12)20/h1-8H. The summed E-state index contributed by atoms with van der Waals surface area (Å²) in [7, 11) is 0. The third kappa shape index (κ3) is 3.28. The van der Waals surface area contributed by atoms with Crippen LogP contribution in [0, 0.1) is 0 Å². The van der Waals surface area contributed by atoms with Gasteiger partial charge < -0.3 is 0 Å². The molecular weight excluding hydrogens is 475 g/mol. The van der Waals surface area contributed by atoms with Crippen LogP contribution in [0.2, 0.25) is 10.0 Å². The van der Waals surface area contributed by atoms with Crippen LogP contribution < -0.4 is 9.80 Å². The van der Waals surface area contributed by atoms with Crippen molar-refractivity contribution in [1.29, 1.82) is 0 Å². The first kappa shape index (κ1) is 19.9. The van der Waals surface area contributed by atoms with Crippen molar-refractivity contribution in [2.24, 2.45) is 0 Å². The lowest BCUT2D eigenvalue weighted by Gasteiger charge is -2.16. The van der Waals surface area contributed by atoms with Gasteiger partial charge in [-0.2, -0.15) is 0 Å². The van der Waals surface area contributed by atoms with Gasteiger partial charge in [-0.15, -0.1) is 0 Å². The first-order valence-corrected chi connectivity index (χ1v) is 11.0. The van der Waals surface area contributed by atoms with Gasteiger partial charge in [0.25, 0.3) is 11.8 Å². The molecule has 0 saturated carbocycles. The quantitative estimate of drug-likeness (QED) is 0.407. The Morgan fingerprint density at radius 1 is 0.679 bits per heavy atom. The molecule has 2 aliphatic heterocycles. The van der Waals surface area contributed by atoms with Gasteiger partial charge in [0.1, 0.15) is 0 Å². The van der Waals surface area contributed by atoms with Crippen LogP contribution in [0.4, 0.5) is 11.4 Å². The van der Waals surface area contributed by atoms with Crippen LogP contribution in [0.25, 0.3) is 0 Å². The molecule has 2 heterocycles. The van der Waals surface area contributed by atoms with E-state index in [1.807, 2.05) is 0 Å². The van der Waals surface area contributed by atoms with Gasteiger partial charge in [-0.05, 0) is 24.3 Å². The van der Waals surface area contributed by atoms with Gasteiger partial charge in [0, 0.05) is 0 Å². The van der Waals surface area contributed by atoms with Gasteiger partial charge in [-0.25, -0.2) is 0 Å². The molecule has 0 bridgehead atoms. The second-order valence-corrected chi connectivity index (χ2v) is 9.68. The van der Waals surface area contributed by atoms with Gasteiger partial charge in [-0.1, -0.05) is 95.4 Å². The van der Waals surface area contributed by atoms with E-state index in [-0.39, 0.29) is 9.81 Å². The molecule has 28 heavy (non-hydrogen) atoms. The molecule has 4 nitrogen and oxygen atoms in total. The highest BCUT2D eigenvalue weighted by molar-refractivity contribution is 8.30. The van der Waals surface area contributed by atoms with Crippen molar-refractivity contribution < 1.29 is 9.59 Å². The van der Waals surface area contributed by atoms with Gasteiger partial charge in [0.05, 0.1) is 31.2 Å². The summed E-state index contributed by atoms with van der Waals surface area (Å²) in [5.74, 6) is -0.800. The van der Waals surface area contributed by atoms with E-state index in [2.05, 4.69) is 0 Å². The molecule has 0 atom stereocenters. The van der Waals surface area contributed by atoms with Crippen LogP contribution in [-0.2, 0) is 9.59 Å². The van der Waals surface area contributed by atoms with E-state index in [4.69, 9.17) is 47.6 Å². The molecule has 2 aliphatic rings. The molecule has 0 radical (unpaired) electrons. The van der Waals surface area contributed by atoms with Crippen molar-refractivity contribution in [2.45, 2.75) is 0 Å². The summed E-state index contributed by atoms with van der Waals surface area (Å²) < 4.78 is 0.604. The second-order valence-electron chi connectivity index (χ2n) is 5.58. The summed E-state index contributed by atoms with van der Waals surface area (Å²) in [4.78, 5) is 29.3. The van der Waals surface area contributed by atoms with Crippen molar-refractivity contribution in [3.05, 3.63) is 68.4 Å². The first-order valence-electron chi connectivity index (χ1n) is 7.76. The van der Waals surface area contributed by atoms with E-state index < -0.39 is 11.8 Å². The lowest BCUT2D eigenvalue weighted by Crippen LogP contribution is -2.29. The molecule has 0 aromatic heterocycles. The molecule has 10 heteroatoms. The SMILES string of the molecule is O=C1C(=C2SC(=S)N(c3ccccc3Cl)C2=O)SC(=S)N1c1ccccc1Cl. The highest BCUT2D eigenvalue weighted by Crippen LogP contribution is 2.46. The minimum atomic E-state index is -0.400. The Hall–Kier alpha value is -1.42. The fraction of sp³-hybridized carbons (Fsp3) is 0. The Morgan fingerprint density at radius 2 is 1.04 bits per heavy atom. The van der Waals surface area contributed by atoms with Crippen LogP contribution in [0.1, 0.15) is 0 Å². The Balaban J connectivity index is 1.75. The zero-order valence-electron chi connectivity index (χ0n) is 13.7. The van der Waals surface area contributed by atoms with E-state index in [1.54, 1.807) is 48.5 Å². The number of carbonyl (C=O) groups excluding carboxylic acids is 2. The number of nitrogens with zero attached hydrogens (tertiary/aromatic N) is 2. The van der Waals surface area contributed by atoms with Crippen molar-refractivity contribution in [3.63, 3.8) is 0 Å². The van der Waals surface area contributed by atoms with Crippen LogP contribution in [0.5, 0.6) is 0 Å². The second kappa shape index (κ2) is 7.78. The van der Waals surface area contributed by atoms with Crippen molar-refractivity contribution in [1.82, 2.24) is 0 Å². The van der Waals surface area contributed by atoms with E-state index in [0.717, 1.165) is 23.5 Å². The number of anilines is 2. The Morgan fingerprint density at radius 3 is 1.39 bits per heavy atom. The summed E-state index contributed by atoms with van der Waals surface area (Å²) in [5, 5.41) is 0.785. The molecule has 2 amide bonds. The predicted molar refractivity (Wildman–Crippen MR) is 125 cm³/mol. The number of thiocarbonyl (C=S) groups is 2. The predicted octanol–water partition coefficient (Wildman–Crippen LogP) is 5.63. The maximum Gasteiger partial charge on any atom is 0.272 e. The molecule has 2 aromatic rings. The number of para-hydroxylation sites is 2. The fourth-order valence-corrected chi connectivity index (χ4v) is 5.86. The molecule has 2 fully saturated rings. The summed E-state index contributed by atoms with van der Waals surface area (Å²) >= 11 is 25.3. The normalized spacial score (nSPS) is 19.9. The molecule has 0 aliphatic carbocycles. The molecule has 4 rings (SSSR count). The lowest BCUT2D eigenvalue weighted by molar-refractivity contribution is -0.115. The number of hydrogen-bond donors (Lipinski definition) is 0. The maximum atomic E-state index is 13.1. The average Bonchev–Trinajstić information content (AvgIpc) is 3.12. The van der Waals surface area contributed by atoms with Gasteiger partial charge >= 0.3 is 0 Å². The Labute approximate surface area is 189 Å². The molecule has 0 unspecified atom stereocenters. The number of thioether (sulfide) groups is 2. The molecule has 0 N–H and O–H groups in total. The summed E-state index contributed by atoms with van der Waals surface area (Å²) in [6.07, 6.45) is 0. The summed E-state index contributed by atoms with van der Waals surface area (Å²) in [6, 6.07) is 13.8. The van der Waals surface area contributed by atoms with Crippen LogP contribution in [-0.4, -0.2) is 20.5 Å². The van der Waals surface area contributed by atoms with Crippen LogP contribution in [0.3, 0.4) is 0 Å². The smallest absolute Gasteiger partial charge is 0.268 e. The number of halogens is 2. The topological polar surface area (TPSA) is 40.6 Å². The van der Waals surface area contributed by atoms with Gasteiger partial charge in [-0.3, -0.25) is 19.4 Å². The molecule has 2 aromatic carbocycles. The molecule has 140 valence electrons. The third-order valence-electron chi connectivity index (χ3n) is 3.93. The highest BCUT2D eigenvalue weighted by atomic mass is 35.5. The summed E-state index contributed by atoms with van der Waals surface area (Å²) in [6.45, 7) is 0. The van der Waals surface area contributed by atoms with Crippen molar-refractivity contribution in [3.8, 4) is 0 Å². The largest absolute Gasteiger partial charge is 0.272 e. The Bertz CT molecular complexity index is 1020. The number of hydrogen-bond acceptors (Lipinski definition) is 6. The lowest BCUT2D eigenvalue weighted by atomic mass is 10.2. The van der Waals surface area contributed by atoms with Crippen molar-refractivity contribution >= 4 is 103 Å². The fourth-order valence-electron chi connectivity index (χ4n) is 2.69.